The molecule has 0 saturated carbocycles. The second-order valence-electron chi connectivity index (χ2n) is 2.78. The van der Waals surface area contributed by atoms with E-state index in [1.54, 1.807) is 12.1 Å². The van der Waals surface area contributed by atoms with Crippen molar-refractivity contribution in [3.8, 4) is 0 Å². The summed E-state index contributed by atoms with van der Waals surface area (Å²) in [4.78, 5) is 10.9. The highest BCUT2D eigenvalue weighted by Gasteiger charge is 2.04. The Morgan fingerprint density at radius 1 is 1.50 bits per heavy atom. The van der Waals surface area contributed by atoms with Gasteiger partial charge in [0.25, 0.3) is 0 Å². The third kappa shape index (κ3) is 4.83. The first-order valence-corrected chi connectivity index (χ1v) is 6.15. The van der Waals surface area contributed by atoms with Crippen LogP contribution in [-0.4, -0.2) is 23.2 Å². The largest absolute Gasteiger partial charge is 0.468 e. The van der Waals surface area contributed by atoms with Gasteiger partial charge in [0.05, 0.1) is 12.9 Å². The molecule has 0 aliphatic carbocycles. The number of thiocarbonyl (C=S) groups is 1. The molecule has 3 nitrogen and oxygen atoms in total. The Labute approximate surface area is 109 Å². The van der Waals surface area contributed by atoms with Gasteiger partial charge in [-0.15, -0.1) is 0 Å². The minimum absolute atomic E-state index is 0.204. The molecule has 0 fully saturated rings. The van der Waals surface area contributed by atoms with Crippen LogP contribution in [0.1, 0.15) is 0 Å². The molecule has 1 aromatic carbocycles. The number of anilines is 1. The van der Waals surface area contributed by atoms with E-state index in [0.717, 1.165) is 5.69 Å². The number of hydrogen-bond donors (Lipinski definition) is 1. The van der Waals surface area contributed by atoms with Crippen LogP contribution in [-0.2, 0) is 9.53 Å². The number of carbonyl (C=O) groups excluding carboxylic acids is 1. The Kier molecular flexibility index (Phi) is 5.59. The fraction of sp³-hybridized carbons (Fsp3) is 0.200. The number of ether oxygens (including phenoxy) is 1. The quantitative estimate of drug-likeness (QED) is 0.678. The lowest BCUT2D eigenvalue weighted by molar-refractivity contribution is -0.137. The maximum absolute atomic E-state index is 10.9. The molecule has 0 aliphatic heterocycles. The third-order valence-electron chi connectivity index (χ3n) is 1.64. The molecule has 0 aliphatic rings. The Hall–Kier alpha value is -0.780. The van der Waals surface area contributed by atoms with Crippen molar-refractivity contribution in [3.05, 3.63) is 29.3 Å². The monoisotopic (exact) mass is 275 g/mol. The van der Waals surface area contributed by atoms with Crippen molar-refractivity contribution < 1.29 is 9.53 Å². The van der Waals surface area contributed by atoms with E-state index in [4.69, 9.17) is 23.8 Å². The van der Waals surface area contributed by atoms with Gasteiger partial charge in [-0.25, -0.2) is 0 Å². The predicted molar refractivity (Wildman–Crippen MR) is 72.1 cm³/mol. The minimum Gasteiger partial charge on any atom is -0.468 e. The van der Waals surface area contributed by atoms with E-state index in [2.05, 4.69) is 10.1 Å². The smallest absolute Gasteiger partial charge is 0.316 e. The first-order valence-electron chi connectivity index (χ1n) is 4.38. The molecule has 0 amide bonds. The van der Waals surface area contributed by atoms with Crippen molar-refractivity contribution in [2.45, 2.75) is 0 Å². The Bertz CT molecular complexity index is 381. The van der Waals surface area contributed by atoms with E-state index in [1.165, 1.54) is 18.9 Å². The Balaban J connectivity index is 2.40. The van der Waals surface area contributed by atoms with Crippen LogP contribution in [0.2, 0.25) is 5.02 Å². The lowest BCUT2D eigenvalue weighted by Crippen LogP contribution is -2.10. The highest BCUT2D eigenvalue weighted by molar-refractivity contribution is 8.23. The lowest BCUT2D eigenvalue weighted by Gasteiger charge is -2.06. The van der Waals surface area contributed by atoms with Gasteiger partial charge in [0.15, 0.2) is 0 Å². The summed E-state index contributed by atoms with van der Waals surface area (Å²) in [7, 11) is 1.35. The highest BCUT2D eigenvalue weighted by Crippen LogP contribution is 2.15. The zero-order valence-corrected chi connectivity index (χ0v) is 10.9. The molecule has 0 bridgehead atoms. The number of thioether (sulfide) groups is 1. The van der Waals surface area contributed by atoms with Crippen LogP contribution < -0.4 is 5.32 Å². The second-order valence-corrected chi connectivity index (χ2v) is 4.87. The molecule has 0 atom stereocenters. The van der Waals surface area contributed by atoms with Crippen molar-refractivity contribution in [3.63, 3.8) is 0 Å². The maximum atomic E-state index is 10.9. The Morgan fingerprint density at radius 3 is 2.69 bits per heavy atom. The molecule has 0 saturated heterocycles. The average molecular weight is 276 g/mol. The van der Waals surface area contributed by atoms with Crippen LogP contribution >= 0.6 is 35.6 Å². The molecule has 0 spiro atoms. The molecule has 0 aromatic heterocycles. The predicted octanol–water partition coefficient (Wildman–Crippen LogP) is 2.94. The van der Waals surface area contributed by atoms with Gasteiger partial charge in [0.2, 0.25) is 0 Å². The number of carbonyl (C=O) groups is 1. The SMILES string of the molecule is COC(=O)CSC(=S)Nc1ccc(Cl)cc1. The number of esters is 1. The van der Waals surface area contributed by atoms with Crippen LogP contribution in [0.25, 0.3) is 0 Å². The lowest BCUT2D eigenvalue weighted by atomic mass is 10.3. The molecule has 86 valence electrons. The third-order valence-corrected chi connectivity index (χ3v) is 3.09. The van der Waals surface area contributed by atoms with Crippen molar-refractivity contribution >= 4 is 51.6 Å². The number of halogens is 1. The summed E-state index contributed by atoms with van der Waals surface area (Å²) in [6, 6.07) is 7.15. The molecule has 1 aromatic rings. The van der Waals surface area contributed by atoms with Gasteiger partial charge in [-0.2, -0.15) is 0 Å². The van der Waals surface area contributed by atoms with Crippen molar-refractivity contribution in [2.75, 3.05) is 18.2 Å². The van der Waals surface area contributed by atoms with Crippen molar-refractivity contribution in [1.82, 2.24) is 0 Å². The zero-order chi connectivity index (χ0) is 12.0. The fourth-order valence-electron chi connectivity index (χ4n) is 0.871. The van der Waals surface area contributed by atoms with Crippen LogP contribution in [0.5, 0.6) is 0 Å². The standard InChI is InChI=1S/C10H10ClNO2S2/c1-14-9(13)6-16-10(15)12-8-4-2-7(11)3-5-8/h2-5H,6H2,1H3,(H,12,15). The van der Waals surface area contributed by atoms with Gasteiger partial charge in [0.1, 0.15) is 4.32 Å². The van der Waals surface area contributed by atoms with Gasteiger partial charge in [-0.05, 0) is 24.3 Å². The molecule has 6 heteroatoms. The van der Waals surface area contributed by atoms with Crippen LogP contribution in [0.4, 0.5) is 5.69 Å². The molecule has 0 unspecified atom stereocenters. The van der Waals surface area contributed by atoms with Gasteiger partial charge in [-0.1, -0.05) is 35.6 Å². The van der Waals surface area contributed by atoms with E-state index in [9.17, 15) is 4.79 Å². The van der Waals surface area contributed by atoms with E-state index in [1.807, 2.05) is 12.1 Å². The summed E-state index contributed by atoms with van der Waals surface area (Å²) in [5, 5.41) is 3.64. The summed E-state index contributed by atoms with van der Waals surface area (Å²) < 4.78 is 5.02. The fourth-order valence-corrected chi connectivity index (χ4v) is 1.85. The summed E-state index contributed by atoms with van der Waals surface area (Å²) in [5.41, 5.74) is 0.840. The maximum Gasteiger partial charge on any atom is 0.316 e. The van der Waals surface area contributed by atoms with Crippen LogP contribution in [0, 0.1) is 0 Å². The number of methoxy groups -OCH3 is 1. The normalized spacial score (nSPS) is 9.62. The average Bonchev–Trinajstić information content (AvgIpc) is 2.29. The summed E-state index contributed by atoms with van der Waals surface area (Å²) >= 11 is 12.0. The minimum atomic E-state index is -0.301. The van der Waals surface area contributed by atoms with Gasteiger partial charge < -0.3 is 10.1 Å². The van der Waals surface area contributed by atoms with Crippen molar-refractivity contribution in [2.24, 2.45) is 0 Å². The second kappa shape index (κ2) is 6.73. The van der Waals surface area contributed by atoms with Gasteiger partial charge >= 0.3 is 5.97 Å². The van der Waals surface area contributed by atoms with E-state index in [0.29, 0.717) is 9.34 Å². The molecule has 0 radical (unpaired) electrons. The Morgan fingerprint density at radius 2 is 2.12 bits per heavy atom. The topological polar surface area (TPSA) is 38.3 Å². The number of hydrogen-bond acceptors (Lipinski definition) is 4. The molecular formula is C10H10ClNO2S2. The number of nitrogens with one attached hydrogen (secondary N) is 1. The molecule has 0 heterocycles. The van der Waals surface area contributed by atoms with Gasteiger partial charge in [-0.3, -0.25) is 4.79 Å². The van der Waals surface area contributed by atoms with E-state index < -0.39 is 0 Å². The van der Waals surface area contributed by atoms with Crippen molar-refractivity contribution in [1.29, 1.82) is 0 Å². The number of rotatable bonds is 3. The van der Waals surface area contributed by atoms with Crippen LogP contribution in [0.15, 0.2) is 24.3 Å². The van der Waals surface area contributed by atoms with E-state index in [-0.39, 0.29) is 11.7 Å². The molecule has 1 rings (SSSR count). The zero-order valence-electron chi connectivity index (χ0n) is 8.53. The highest BCUT2D eigenvalue weighted by atomic mass is 35.5. The van der Waals surface area contributed by atoms with Crippen LogP contribution in [0.3, 0.4) is 0 Å². The summed E-state index contributed by atoms with van der Waals surface area (Å²) in [6.07, 6.45) is 0. The summed E-state index contributed by atoms with van der Waals surface area (Å²) in [6.45, 7) is 0. The summed E-state index contributed by atoms with van der Waals surface area (Å²) in [5.74, 6) is -0.0964. The molecule has 1 N–H and O–H groups in total. The van der Waals surface area contributed by atoms with Gasteiger partial charge in [0, 0.05) is 10.7 Å². The molecular weight excluding hydrogens is 266 g/mol. The first kappa shape index (κ1) is 13.3. The first-order chi connectivity index (χ1) is 7.61. The molecule has 16 heavy (non-hydrogen) atoms. The number of benzene rings is 1. The van der Waals surface area contributed by atoms with E-state index >= 15 is 0 Å².